The molecule has 15 heavy (non-hydrogen) atoms. The summed E-state index contributed by atoms with van der Waals surface area (Å²) in [7, 11) is 0. The fraction of sp³-hybridized carbons (Fsp3) is 0.571. The van der Waals surface area contributed by atoms with Crippen LogP contribution in [-0.2, 0) is 5.60 Å². The van der Waals surface area contributed by atoms with E-state index < -0.39 is 5.60 Å². The van der Waals surface area contributed by atoms with E-state index in [2.05, 4.69) is 13.0 Å². The van der Waals surface area contributed by atoms with Crippen molar-refractivity contribution in [1.29, 1.82) is 0 Å². The molecule has 1 N–H and O–H groups in total. The van der Waals surface area contributed by atoms with Gasteiger partial charge < -0.3 is 5.11 Å². The molecule has 1 unspecified atom stereocenters. The van der Waals surface area contributed by atoms with Crippen LogP contribution in [0.2, 0.25) is 0 Å². The molecule has 1 aromatic carbocycles. The van der Waals surface area contributed by atoms with E-state index in [0.29, 0.717) is 5.92 Å². The number of hydrogen-bond donors (Lipinski definition) is 1. The van der Waals surface area contributed by atoms with Crippen molar-refractivity contribution in [2.75, 3.05) is 0 Å². The highest BCUT2D eigenvalue weighted by Crippen LogP contribution is 2.44. The van der Waals surface area contributed by atoms with Gasteiger partial charge in [-0.3, -0.25) is 0 Å². The quantitative estimate of drug-likeness (QED) is 0.796. The smallest absolute Gasteiger partial charge is 0.0930 e. The van der Waals surface area contributed by atoms with E-state index in [1.54, 1.807) is 0 Å². The van der Waals surface area contributed by atoms with Crippen LogP contribution < -0.4 is 0 Å². The number of hydrogen-bond acceptors (Lipinski definition) is 1. The van der Waals surface area contributed by atoms with Gasteiger partial charge in [-0.25, -0.2) is 0 Å². The summed E-state index contributed by atoms with van der Waals surface area (Å²) in [6, 6.07) is 11.0. The molecular formula is C14H19O. The van der Waals surface area contributed by atoms with Crippen LogP contribution in [0.3, 0.4) is 0 Å². The summed E-state index contributed by atoms with van der Waals surface area (Å²) in [5.41, 5.74) is 0.366. The first kappa shape index (κ1) is 10.7. The summed E-state index contributed by atoms with van der Waals surface area (Å²) in [6.07, 6.45) is 5.48. The van der Waals surface area contributed by atoms with Crippen LogP contribution in [0.15, 0.2) is 24.3 Å². The third-order valence-electron chi connectivity index (χ3n) is 3.59. The third-order valence-corrected chi connectivity index (χ3v) is 3.59. The molecule has 1 aliphatic carbocycles. The van der Waals surface area contributed by atoms with Gasteiger partial charge in [0.05, 0.1) is 5.60 Å². The van der Waals surface area contributed by atoms with E-state index in [1.807, 2.05) is 24.3 Å². The van der Waals surface area contributed by atoms with Crippen LogP contribution in [0.1, 0.15) is 44.6 Å². The molecule has 1 atom stereocenters. The van der Waals surface area contributed by atoms with Crippen molar-refractivity contribution in [3.05, 3.63) is 35.9 Å². The fourth-order valence-electron chi connectivity index (χ4n) is 2.49. The number of rotatable bonds is 4. The zero-order valence-electron chi connectivity index (χ0n) is 9.37. The lowest BCUT2D eigenvalue weighted by molar-refractivity contribution is -0.0639. The molecule has 0 aromatic heterocycles. The van der Waals surface area contributed by atoms with Crippen LogP contribution in [-0.4, -0.2) is 5.11 Å². The first-order valence-electron chi connectivity index (χ1n) is 5.97. The summed E-state index contributed by atoms with van der Waals surface area (Å²) in [5.74, 6) is 0.455. The predicted molar refractivity (Wildman–Crippen MR) is 61.4 cm³/mol. The van der Waals surface area contributed by atoms with Crippen molar-refractivity contribution >= 4 is 0 Å². The van der Waals surface area contributed by atoms with Crippen molar-refractivity contribution in [3.63, 3.8) is 0 Å². The molecular weight excluding hydrogens is 184 g/mol. The maximum atomic E-state index is 10.8. The highest BCUT2D eigenvalue weighted by atomic mass is 16.3. The normalized spacial score (nSPS) is 20.7. The Hall–Kier alpha value is -0.820. The minimum atomic E-state index is -0.617. The highest BCUT2D eigenvalue weighted by molar-refractivity contribution is 5.22. The Labute approximate surface area is 92.1 Å². The molecule has 1 saturated carbocycles. The molecule has 0 saturated heterocycles. The van der Waals surface area contributed by atoms with E-state index >= 15 is 0 Å². The maximum absolute atomic E-state index is 10.8. The summed E-state index contributed by atoms with van der Waals surface area (Å²) < 4.78 is 0. The van der Waals surface area contributed by atoms with Crippen molar-refractivity contribution < 1.29 is 5.11 Å². The Morgan fingerprint density at radius 2 is 2.27 bits per heavy atom. The Morgan fingerprint density at radius 1 is 1.47 bits per heavy atom. The minimum Gasteiger partial charge on any atom is -0.385 e. The molecule has 0 spiro atoms. The van der Waals surface area contributed by atoms with Crippen molar-refractivity contribution in [2.45, 2.75) is 44.6 Å². The molecule has 1 nitrogen and oxygen atoms in total. The molecule has 0 heterocycles. The first-order chi connectivity index (χ1) is 7.27. The van der Waals surface area contributed by atoms with Crippen LogP contribution in [0, 0.1) is 12.0 Å². The average molecular weight is 203 g/mol. The lowest BCUT2D eigenvalue weighted by Gasteiger charge is -2.42. The van der Waals surface area contributed by atoms with E-state index in [-0.39, 0.29) is 0 Å². The number of aliphatic hydroxyl groups is 1. The van der Waals surface area contributed by atoms with Gasteiger partial charge in [-0.15, -0.1) is 0 Å². The molecule has 0 aliphatic heterocycles. The van der Waals surface area contributed by atoms with Gasteiger partial charge in [0.15, 0.2) is 0 Å². The Balaban J connectivity index is 2.25. The van der Waals surface area contributed by atoms with Crippen molar-refractivity contribution in [3.8, 4) is 0 Å². The molecule has 1 heteroatoms. The maximum Gasteiger partial charge on any atom is 0.0930 e. The molecule has 1 aromatic rings. The minimum absolute atomic E-state index is 0.455. The van der Waals surface area contributed by atoms with Crippen LogP contribution in [0.25, 0.3) is 0 Å². The highest BCUT2D eigenvalue weighted by Gasteiger charge is 2.40. The van der Waals surface area contributed by atoms with Crippen molar-refractivity contribution in [1.82, 2.24) is 0 Å². The zero-order valence-corrected chi connectivity index (χ0v) is 9.37. The van der Waals surface area contributed by atoms with Gasteiger partial charge in [0.2, 0.25) is 0 Å². The molecule has 2 rings (SSSR count). The van der Waals surface area contributed by atoms with Gasteiger partial charge >= 0.3 is 0 Å². The lowest BCUT2D eigenvalue weighted by Crippen LogP contribution is -2.39. The predicted octanol–water partition coefficient (Wildman–Crippen LogP) is 3.27. The molecule has 81 valence electrons. The Morgan fingerprint density at radius 3 is 2.73 bits per heavy atom. The van der Waals surface area contributed by atoms with E-state index in [9.17, 15) is 5.11 Å². The van der Waals surface area contributed by atoms with Gasteiger partial charge in [-0.2, -0.15) is 0 Å². The monoisotopic (exact) mass is 203 g/mol. The van der Waals surface area contributed by atoms with Crippen LogP contribution in [0.5, 0.6) is 0 Å². The Bertz CT molecular complexity index is 302. The lowest BCUT2D eigenvalue weighted by atomic mass is 9.68. The van der Waals surface area contributed by atoms with Gasteiger partial charge in [0.1, 0.15) is 0 Å². The summed E-state index contributed by atoms with van der Waals surface area (Å²) >= 11 is 0. The molecule has 1 aliphatic rings. The average Bonchev–Trinajstić information content (AvgIpc) is 2.17. The molecule has 0 amide bonds. The summed E-state index contributed by atoms with van der Waals surface area (Å²) in [6.45, 7) is 2.13. The molecule has 1 fully saturated rings. The standard InChI is InChI=1S/C14H19O/c1-2-11-14(15,13-9-6-10-13)12-7-4-3-5-8-12/h3-5,7,13,15H,2,6,9-11H2,1H3. The van der Waals surface area contributed by atoms with Gasteiger partial charge in [0.25, 0.3) is 0 Å². The number of benzene rings is 1. The zero-order chi connectivity index (χ0) is 10.7. The second kappa shape index (κ2) is 4.36. The van der Waals surface area contributed by atoms with E-state index in [0.717, 1.165) is 18.4 Å². The van der Waals surface area contributed by atoms with Gasteiger partial charge in [0, 0.05) is 0 Å². The molecule has 1 radical (unpaired) electrons. The van der Waals surface area contributed by atoms with Crippen molar-refractivity contribution in [2.24, 2.45) is 5.92 Å². The fourth-order valence-corrected chi connectivity index (χ4v) is 2.49. The summed E-state index contributed by atoms with van der Waals surface area (Å²) in [5, 5.41) is 10.8. The summed E-state index contributed by atoms with van der Waals surface area (Å²) in [4.78, 5) is 0. The Kier molecular flexibility index (Phi) is 3.11. The van der Waals surface area contributed by atoms with E-state index in [4.69, 9.17) is 0 Å². The van der Waals surface area contributed by atoms with Gasteiger partial charge in [-0.1, -0.05) is 44.0 Å². The second-order valence-corrected chi connectivity index (χ2v) is 4.58. The van der Waals surface area contributed by atoms with Crippen LogP contribution >= 0.6 is 0 Å². The van der Waals surface area contributed by atoms with Gasteiger partial charge in [-0.05, 0) is 36.8 Å². The molecule has 0 bridgehead atoms. The first-order valence-corrected chi connectivity index (χ1v) is 5.97. The topological polar surface area (TPSA) is 20.2 Å². The van der Waals surface area contributed by atoms with Crippen LogP contribution in [0.4, 0.5) is 0 Å². The SMILES string of the molecule is CCCC(O)(c1[c]cccc1)C1CCC1. The van der Waals surface area contributed by atoms with E-state index in [1.165, 1.54) is 19.3 Å². The largest absolute Gasteiger partial charge is 0.385 e. The third kappa shape index (κ3) is 1.93. The second-order valence-electron chi connectivity index (χ2n) is 4.58.